The van der Waals surface area contributed by atoms with E-state index in [2.05, 4.69) is 5.32 Å². The number of carbonyl (C=O) groups excluding carboxylic acids is 1. The SMILES string of the molecule is CN(Cc1ccc(Cl)cc1)C(=O)CC1CCCNC1. The minimum absolute atomic E-state index is 0.226. The normalized spacial score (nSPS) is 19.2. The molecule has 0 radical (unpaired) electrons. The van der Waals surface area contributed by atoms with Crippen LogP contribution in [0.5, 0.6) is 0 Å². The lowest BCUT2D eigenvalue weighted by molar-refractivity contribution is -0.131. The molecule has 0 spiro atoms. The summed E-state index contributed by atoms with van der Waals surface area (Å²) in [5, 5.41) is 4.08. The molecule has 1 N–H and O–H groups in total. The molecule has 1 unspecified atom stereocenters. The number of hydrogen-bond acceptors (Lipinski definition) is 2. The monoisotopic (exact) mass is 280 g/mol. The van der Waals surface area contributed by atoms with Gasteiger partial charge in [-0.3, -0.25) is 4.79 Å². The molecule has 0 bridgehead atoms. The van der Waals surface area contributed by atoms with Crippen molar-refractivity contribution in [3.05, 3.63) is 34.9 Å². The van der Waals surface area contributed by atoms with E-state index in [1.54, 1.807) is 4.90 Å². The van der Waals surface area contributed by atoms with Crippen LogP contribution in [0.2, 0.25) is 5.02 Å². The molecule has 1 aliphatic heterocycles. The predicted molar refractivity (Wildman–Crippen MR) is 78.1 cm³/mol. The molecule has 3 nitrogen and oxygen atoms in total. The number of amides is 1. The van der Waals surface area contributed by atoms with Gasteiger partial charge in [0.15, 0.2) is 0 Å². The molecule has 19 heavy (non-hydrogen) atoms. The fourth-order valence-corrected chi connectivity index (χ4v) is 2.58. The largest absolute Gasteiger partial charge is 0.341 e. The third-order valence-electron chi connectivity index (χ3n) is 3.62. The van der Waals surface area contributed by atoms with Gasteiger partial charge in [0.05, 0.1) is 0 Å². The van der Waals surface area contributed by atoms with Crippen molar-refractivity contribution in [2.24, 2.45) is 5.92 Å². The van der Waals surface area contributed by atoms with Crippen LogP contribution < -0.4 is 5.32 Å². The van der Waals surface area contributed by atoms with Gasteiger partial charge in [0.2, 0.25) is 5.91 Å². The fourth-order valence-electron chi connectivity index (χ4n) is 2.45. The van der Waals surface area contributed by atoms with Gasteiger partial charge in [-0.05, 0) is 49.5 Å². The van der Waals surface area contributed by atoms with Crippen LogP contribution in [0.4, 0.5) is 0 Å². The van der Waals surface area contributed by atoms with Crippen LogP contribution in [0.15, 0.2) is 24.3 Å². The van der Waals surface area contributed by atoms with E-state index < -0.39 is 0 Å². The van der Waals surface area contributed by atoms with Crippen LogP contribution >= 0.6 is 11.6 Å². The molecular weight excluding hydrogens is 260 g/mol. The van der Waals surface area contributed by atoms with Crippen molar-refractivity contribution in [1.82, 2.24) is 10.2 Å². The average molecular weight is 281 g/mol. The highest BCUT2D eigenvalue weighted by Gasteiger charge is 2.19. The molecule has 2 rings (SSSR count). The van der Waals surface area contributed by atoms with Crippen molar-refractivity contribution in [2.75, 3.05) is 20.1 Å². The zero-order valence-electron chi connectivity index (χ0n) is 11.4. The molecule has 1 amide bonds. The Balaban J connectivity index is 1.83. The van der Waals surface area contributed by atoms with Crippen LogP contribution in [-0.4, -0.2) is 30.9 Å². The van der Waals surface area contributed by atoms with Gasteiger partial charge < -0.3 is 10.2 Å². The van der Waals surface area contributed by atoms with Gasteiger partial charge in [-0.2, -0.15) is 0 Å². The van der Waals surface area contributed by atoms with Crippen LogP contribution in [0.25, 0.3) is 0 Å². The van der Waals surface area contributed by atoms with Gasteiger partial charge >= 0.3 is 0 Å². The Bertz CT molecular complexity index is 413. The van der Waals surface area contributed by atoms with E-state index in [-0.39, 0.29) is 5.91 Å². The average Bonchev–Trinajstić information content (AvgIpc) is 2.42. The minimum Gasteiger partial charge on any atom is -0.341 e. The molecule has 104 valence electrons. The highest BCUT2D eigenvalue weighted by molar-refractivity contribution is 6.30. The molecule has 1 heterocycles. The molecular formula is C15H21ClN2O. The third-order valence-corrected chi connectivity index (χ3v) is 3.87. The molecule has 0 aliphatic carbocycles. The van der Waals surface area contributed by atoms with Gasteiger partial charge in [0.25, 0.3) is 0 Å². The molecule has 0 aromatic heterocycles. The van der Waals surface area contributed by atoms with E-state index in [1.165, 1.54) is 6.42 Å². The van der Waals surface area contributed by atoms with Crippen LogP contribution in [0.3, 0.4) is 0 Å². The van der Waals surface area contributed by atoms with Gasteiger partial charge in [-0.25, -0.2) is 0 Å². The lowest BCUT2D eigenvalue weighted by Gasteiger charge is -2.25. The quantitative estimate of drug-likeness (QED) is 0.920. The number of nitrogens with one attached hydrogen (secondary N) is 1. The van der Waals surface area contributed by atoms with Crippen molar-refractivity contribution in [3.8, 4) is 0 Å². The summed E-state index contributed by atoms with van der Waals surface area (Å²) in [4.78, 5) is 14.0. The van der Waals surface area contributed by atoms with E-state index in [1.807, 2.05) is 31.3 Å². The van der Waals surface area contributed by atoms with Gasteiger partial charge in [0.1, 0.15) is 0 Å². The van der Waals surface area contributed by atoms with Crippen molar-refractivity contribution in [2.45, 2.75) is 25.8 Å². The Morgan fingerprint density at radius 3 is 2.79 bits per heavy atom. The minimum atomic E-state index is 0.226. The van der Waals surface area contributed by atoms with Crippen molar-refractivity contribution in [3.63, 3.8) is 0 Å². The molecule has 1 aromatic carbocycles. The van der Waals surface area contributed by atoms with Gasteiger partial charge in [-0.1, -0.05) is 23.7 Å². The number of benzene rings is 1. The Morgan fingerprint density at radius 2 is 2.16 bits per heavy atom. The standard InChI is InChI=1S/C15H21ClN2O/c1-18(11-12-4-6-14(16)7-5-12)15(19)9-13-3-2-8-17-10-13/h4-7,13,17H,2-3,8-11H2,1H3. The number of piperidine rings is 1. The smallest absolute Gasteiger partial charge is 0.222 e. The van der Waals surface area contributed by atoms with E-state index in [0.717, 1.165) is 30.1 Å². The lowest BCUT2D eigenvalue weighted by Crippen LogP contribution is -2.34. The molecule has 1 atom stereocenters. The summed E-state index contributed by atoms with van der Waals surface area (Å²) >= 11 is 5.85. The summed E-state index contributed by atoms with van der Waals surface area (Å²) in [5.74, 6) is 0.720. The third kappa shape index (κ3) is 4.51. The Kier molecular flexibility index (Phi) is 5.23. The maximum Gasteiger partial charge on any atom is 0.222 e. The molecule has 1 aliphatic rings. The lowest BCUT2D eigenvalue weighted by atomic mass is 9.95. The number of hydrogen-bond donors (Lipinski definition) is 1. The second-order valence-corrected chi connectivity index (χ2v) is 5.73. The number of halogens is 1. The van der Waals surface area contributed by atoms with Gasteiger partial charge in [-0.15, -0.1) is 0 Å². The van der Waals surface area contributed by atoms with Crippen LogP contribution in [-0.2, 0) is 11.3 Å². The first kappa shape index (κ1) is 14.4. The summed E-state index contributed by atoms with van der Waals surface area (Å²) in [6.45, 7) is 2.71. The molecule has 1 saturated heterocycles. The first-order valence-corrected chi connectivity index (χ1v) is 7.22. The molecule has 1 fully saturated rings. The Hall–Kier alpha value is -1.06. The zero-order chi connectivity index (χ0) is 13.7. The summed E-state index contributed by atoms with van der Waals surface area (Å²) in [6, 6.07) is 7.66. The Morgan fingerprint density at radius 1 is 1.42 bits per heavy atom. The summed E-state index contributed by atoms with van der Waals surface area (Å²) < 4.78 is 0. The topological polar surface area (TPSA) is 32.3 Å². The van der Waals surface area contributed by atoms with E-state index >= 15 is 0 Å². The van der Waals surface area contributed by atoms with E-state index in [0.29, 0.717) is 18.9 Å². The maximum absolute atomic E-state index is 12.2. The first-order chi connectivity index (χ1) is 9.15. The number of carbonyl (C=O) groups is 1. The second kappa shape index (κ2) is 6.92. The predicted octanol–water partition coefficient (Wildman–Crippen LogP) is 2.69. The molecule has 1 aromatic rings. The van der Waals surface area contributed by atoms with Crippen molar-refractivity contribution < 1.29 is 4.79 Å². The number of nitrogens with zero attached hydrogens (tertiary/aromatic N) is 1. The first-order valence-electron chi connectivity index (χ1n) is 6.84. The van der Waals surface area contributed by atoms with Gasteiger partial charge in [0, 0.05) is 25.0 Å². The van der Waals surface area contributed by atoms with E-state index in [4.69, 9.17) is 11.6 Å². The van der Waals surface area contributed by atoms with Crippen LogP contribution in [0, 0.1) is 5.92 Å². The van der Waals surface area contributed by atoms with Crippen molar-refractivity contribution >= 4 is 17.5 Å². The maximum atomic E-state index is 12.2. The second-order valence-electron chi connectivity index (χ2n) is 5.29. The van der Waals surface area contributed by atoms with Crippen molar-refractivity contribution in [1.29, 1.82) is 0 Å². The fraction of sp³-hybridized carbons (Fsp3) is 0.533. The summed E-state index contributed by atoms with van der Waals surface area (Å²) in [7, 11) is 1.87. The summed E-state index contributed by atoms with van der Waals surface area (Å²) in [5.41, 5.74) is 1.11. The summed E-state index contributed by atoms with van der Waals surface area (Å²) in [6.07, 6.45) is 2.99. The number of rotatable bonds is 4. The van der Waals surface area contributed by atoms with Crippen LogP contribution in [0.1, 0.15) is 24.8 Å². The highest BCUT2D eigenvalue weighted by atomic mass is 35.5. The molecule has 0 saturated carbocycles. The zero-order valence-corrected chi connectivity index (χ0v) is 12.1. The van der Waals surface area contributed by atoms with E-state index in [9.17, 15) is 4.79 Å². The molecule has 4 heteroatoms. The highest BCUT2D eigenvalue weighted by Crippen LogP contribution is 2.16. The Labute approximate surface area is 119 Å².